The zero-order valence-corrected chi connectivity index (χ0v) is 16.1. The molecule has 26 heavy (non-hydrogen) atoms. The van der Waals surface area contributed by atoms with Crippen LogP contribution in [0, 0.1) is 5.82 Å². The van der Waals surface area contributed by atoms with Crippen LogP contribution in [0.1, 0.15) is 50.5 Å². The second kappa shape index (κ2) is 8.38. The monoisotopic (exact) mass is 361 g/mol. The summed E-state index contributed by atoms with van der Waals surface area (Å²) >= 11 is 0. The van der Waals surface area contributed by atoms with Crippen molar-refractivity contribution in [2.75, 3.05) is 33.7 Å². The Morgan fingerprint density at radius 3 is 2.50 bits per heavy atom. The summed E-state index contributed by atoms with van der Waals surface area (Å²) in [5.41, 5.74) is 1.11. The number of likely N-dealkylation sites (tertiary alicyclic amines) is 1. The molecule has 1 aromatic rings. The summed E-state index contributed by atoms with van der Waals surface area (Å²) in [6.07, 6.45) is 7.69. The number of urea groups is 1. The van der Waals surface area contributed by atoms with E-state index in [4.69, 9.17) is 0 Å². The van der Waals surface area contributed by atoms with Crippen LogP contribution in [0.25, 0.3) is 0 Å². The van der Waals surface area contributed by atoms with Crippen molar-refractivity contribution < 1.29 is 9.18 Å². The molecular formula is C21H32FN3O. The molecule has 0 radical (unpaired) electrons. The fourth-order valence-electron chi connectivity index (χ4n) is 4.58. The maximum atomic E-state index is 13.3. The number of halogens is 1. The number of nitrogens with one attached hydrogen (secondary N) is 1. The molecule has 0 aromatic heterocycles. The Hall–Kier alpha value is -1.62. The van der Waals surface area contributed by atoms with Gasteiger partial charge in [0.25, 0.3) is 0 Å². The molecule has 1 aromatic carbocycles. The fourth-order valence-corrected chi connectivity index (χ4v) is 4.58. The molecule has 1 aliphatic heterocycles. The van der Waals surface area contributed by atoms with E-state index in [-0.39, 0.29) is 17.3 Å². The number of amides is 2. The number of hydrogen-bond donors (Lipinski definition) is 1. The molecule has 4 nitrogen and oxygen atoms in total. The van der Waals surface area contributed by atoms with Gasteiger partial charge in [0.2, 0.25) is 0 Å². The van der Waals surface area contributed by atoms with Crippen LogP contribution in [0.3, 0.4) is 0 Å². The lowest BCUT2D eigenvalue weighted by molar-refractivity contribution is 0.194. The van der Waals surface area contributed by atoms with Gasteiger partial charge in [-0.25, -0.2) is 9.18 Å². The molecule has 1 N–H and O–H groups in total. The summed E-state index contributed by atoms with van der Waals surface area (Å²) in [6.45, 7) is 2.29. The predicted molar refractivity (Wildman–Crippen MR) is 103 cm³/mol. The third-order valence-electron chi connectivity index (χ3n) is 6.31. The van der Waals surface area contributed by atoms with Gasteiger partial charge in [-0.1, -0.05) is 25.0 Å². The fraction of sp³-hybridized carbons (Fsp3) is 0.667. The summed E-state index contributed by atoms with van der Waals surface area (Å²) in [7, 11) is 4.24. The number of nitrogens with zero attached hydrogens (tertiary/aromatic N) is 2. The third-order valence-corrected chi connectivity index (χ3v) is 6.31. The average molecular weight is 362 g/mol. The zero-order valence-electron chi connectivity index (χ0n) is 16.1. The lowest BCUT2D eigenvalue weighted by atomic mass is 9.79. The molecule has 1 saturated carbocycles. The second-order valence-corrected chi connectivity index (χ2v) is 8.19. The van der Waals surface area contributed by atoms with Crippen LogP contribution in [0.4, 0.5) is 9.18 Å². The molecule has 5 heteroatoms. The summed E-state index contributed by atoms with van der Waals surface area (Å²) in [5, 5.41) is 3.20. The van der Waals surface area contributed by atoms with Crippen molar-refractivity contribution in [1.82, 2.24) is 15.1 Å². The first-order valence-electron chi connectivity index (χ1n) is 9.95. The Morgan fingerprint density at radius 2 is 1.85 bits per heavy atom. The summed E-state index contributed by atoms with van der Waals surface area (Å²) in [5.74, 6) is -0.203. The van der Waals surface area contributed by atoms with Gasteiger partial charge in [-0.2, -0.15) is 0 Å². The highest BCUT2D eigenvalue weighted by atomic mass is 19.1. The third kappa shape index (κ3) is 4.37. The van der Waals surface area contributed by atoms with Crippen LogP contribution >= 0.6 is 0 Å². The minimum atomic E-state index is -0.203. The molecule has 0 spiro atoms. The predicted octanol–water partition coefficient (Wildman–Crippen LogP) is 3.76. The summed E-state index contributed by atoms with van der Waals surface area (Å²) in [4.78, 5) is 17.0. The largest absolute Gasteiger partial charge is 0.337 e. The molecule has 1 unspecified atom stereocenters. The van der Waals surface area contributed by atoms with E-state index in [1.807, 2.05) is 17.0 Å². The Balaban J connectivity index is 1.61. The molecule has 1 heterocycles. The van der Waals surface area contributed by atoms with Crippen LogP contribution in [0.2, 0.25) is 0 Å². The normalized spacial score (nSPS) is 23.1. The van der Waals surface area contributed by atoms with Gasteiger partial charge < -0.3 is 15.1 Å². The van der Waals surface area contributed by atoms with Gasteiger partial charge in [0.05, 0.1) is 0 Å². The van der Waals surface area contributed by atoms with Gasteiger partial charge in [0.1, 0.15) is 5.82 Å². The van der Waals surface area contributed by atoms with Crippen molar-refractivity contribution in [3.8, 4) is 0 Å². The van der Waals surface area contributed by atoms with E-state index in [2.05, 4.69) is 24.3 Å². The first kappa shape index (κ1) is 19.2. The number of hydrogen-bond acceptors (Lipinski definition) is 2. The zero-order chi connectivity index (χ0) is 18.6. The van der Waals surface area contributed by atoms with Gasteiger partial charge in [-0.15, -0.1) is 0 Å². The first-order chi connectivity index (χ1) is 12.5. The highest BCUT2D eigenvalue weighted by molar-refractivity contribution is 5.74. The van der Waals surface area contributed by atoms with E-state index in [1.165, 1.54) is 25.0 Å². The van der Waals surface area contributed by atoms with E-state index in [9.17, 15) is 9.18 Å². The number of rotatable bonds is 4. The van der Waals surface area contributed by atoms with Gasteiger partial charge in [0, 0.05) is 31.1 Å². The molecule has 3 rings (SSSR count). The second-order valence-electron chi connectivity index (χ2n) is 8.19. The number of carbonyl (C=O) groups excluding carboxylic acids is 1. The van der Waals surface area contributed by atoms with Gasteiger partial charge in [-0.3, -0.25) is 0 Å². The Labute approximate surface area is 156 Å². The van der Waals surface area contributed by atoms with Crippen LogP contribution in [-0.4, -0.2) is 55.6 Å². The van der Waals surface area contributed by atoms with Gasteiger partial charge in [-0.05, 0) is 63.9 Å². The minimum Gasteiger partial charge on any atom is -0.337 e. The highest BCUT2D eigenvalue weighted by Gasteiger charge is 2.36. The highest BCUT2D eigenvalue weighted by Crippen LogP contribution is 2.40. The number of carbonyl (C=O) groups is 1. The van der Waals surface area contributed by atoms with Crippen molar-refractivity contribution in [3.63, 3.8) is 0 Å². The molecule has 0 bridgehead atoms. The maximum absolute atomic E-state index is 13.3. The molecule has 1 saturated heterocycles. The Kier molecular flexibility index (Phi) is 6.17. The van der Waals surface area contributed by atoms with E-state index < -0.39 is 0 Å². The molecule has 2 amide bonds. The minimum absolute atomic E-state index is 0.0403. The quantitative estimate of drug-likeness (QED) is 0.886. The molecular weight excluding hydrogens is 329 g/mol. The molecule has 2 fully saturated rings. The van der Waals surface area contributed by atoms with E-state index in [0.29, 0.717) is 12.6 Å². The van der Waals surface area contributed by atoms with E-state index >= 15 is 0 Å². The maximum Gasteiger partial charge on any atom is 0.317 e. The lowest BCUT2D eigenvalue weighted by Crippen LogP contribution is -2.46. The van der Waals surface area contributed by atoms with E-state index in [1.54, 1.807) is 0 Å². The standard InChI is InChI=1S/C21H32FN3O/c1-24(2)19-6-5-14-25(15-11-19)20(26)23-16-21(12-3-4-13-21)17-7-9-18(22)10-8-17/h7-10,19H,3-6,11-16H2,1-2H3,(H,23,26). The Morgan fingerprint density at radius 1 is 1.15 bits per heavy atom. The molecule has 2 aliphatic rings. The van der Waals surface area contributed by atoms with Crippen molar-refractivity contribution in [3.05, 3.63) is 35.6 Å². The summed E-state index contributed by atoms with van der Waals surface area (Å²) < 4.78 is 13.3. The Bertz CT molecular complexity index is 596. The molecule has 144 valence electrons. The van der Waals surface area contributed by atoms with Crippen molar-refractivity contribution in [2.45, 2.75) is 56.4 Å². The number of benzene rings is 1. The molecule has 1 aliphatic carbocycles. The smallest absolute Gasteiger partial charge is 0.317 e. The van der Waals surface area contributed by atoms with Crippen LogP contribution in [0.5, 0.6) is 0 Å². The SMILES string of the molecule is CN(C)C1CCCN(C(=O)NCC2(c3ccc(F)cc3)CCCC2)CC1. The lowest BCUT2D eigenvalue weighted by Gasteiger charge is -2.31. The van der Waals surface area contributed by atoms with Crippen molar-refractivity contribution >= 4 is 6.03 Å². The van der Waals surface area contributed by atoms with Crippen molar-refractivity contribution in [2.24, 2.45) is 0 Å². The van der Waals surface area contributed by atoms with Crippen molar-refractivity contribution in [1.29, 1.82) is 0 Å². The average Bonchev–Trinajstić information content (AvgIpc) is 2.97. The van der Waals surface area contributed by atoms with E-state index in [0.717, 1.165) is 50.8 Å². The summed E-state index contributed by atoms with van der Waals surface area (Å²) in [6, 6.07) is 7.47. The van der Waals surface area contributed by atoms with Crippen LogP contribution in [-0.2, 0) is 5.41 Å². The van der Waals surface area contributed by atoms with Gasteiger partial charge in [0.15, 0.2) is 0 Å². The first-order valence-corrected chi connectivity index (χ1v) is 9.95. The topological polar surface area (TPSA) is 35.6 Å². The molecule has 1 atom stereocenters. The van der Waals surface area contributed by atoms with Gasteiger partial charge >= 0.3 is 6.03 Å². The van der Waals surface area contributed by atoms with Crippen LogP contribution in [0.15, 0.2) is 24.3 Å². The van der Waals surface area contributed by atoms with Crippen LogP contribution < -0.4 is 5.32 Å².